The third kappa shape index (κ3) is 5.39. The van der Waals surface area contributed by atoms with E-state index in [1.165, 1.54) is 11.6 Å². The minimum atomic E-state index is -0.204. The van der Waals surface area contributed by atoms with Gasteiger partial charge in [0.1, 0.15) is 5.82 Å². The summed E-state index contributed by atoms with van der Waals surface area (Å²) in [5, 5.41) is 7.70. The number of nitrogens with one attached hydrogen (secondary N) is 2. The van der Waals surface area contributed by atoms with E-state index < -0.39 is 0 Å². The molecule has 1 heterocycles. The van der Waals surface area contributed by atoms with Gasteiger partial charge in [-0.25, -0.2) is 4.39 Å². The predicted molar refractivity (Wildman–Crippen MR) is 115 cm³/mol. The molecule has 2 N–H and O–H groups in total. The number of aromatic nitrogens is 1. The van der Waals surface area contributed by atoms with Crippen molar-refractivity contribution in [1.29, 1.82) is 0 Å². The second kappa shape index (κ2) is 10.1. The van der Waals surface area contributed by atoms with E-state index in [-0.39, 0.29) is 29.8 Å². The lowest BCUT2D eigenvalue weighted by Gasteiger charge is -2.13. The number of rotatable bonds is 5. The van der Waals surface area contributed by atoms with Gasteiger partial charge in [0.15, 0.2) is 5.96 Å². The Bertz CT molecular complexity index is 877. The highest BCUT2D eigenvalue weighted by Crippen LogP contribution is 2.15. The molecule has 0 aliphatic carbocycles. The molecule has 0 atom stereocenters. The SMILES string of the molecule is CN=C(NCCc1cccc(F)c1)NCc1ccnc2ccccc12.I. The van der Waals surface area contributed by atoms with Crippen LogP contribution in [0.2, 0.25) is 0 Å². The Morgan fingerprint density at radius 3 is 2.73 bits per heavy atom. The van der Waals surface area contributed by atoms with Gasteiger partial charge < -0.3 is 10.6 Å². The summed E-state index contributed by atoms with van der Waals surface area (Å²) in [6, 6.07) is 16.7. The van der Waals surface area contributed by atoms with E-state index in [0.717, 1.165) is 28.8 Å². The van der Waals surface area contributed by atoms with Crippen LogP contribution in [0.1, 0.15) is 11.1 Å². The minimum absolute atomic E-state index is 0. The molecular formula is C20H22FIN4. The number of para-hydroxylation sites is 1. The quantitative estimate of drug-likeness (QED) is 0.342. The van der Waals surface area contributed by atoms with Gasteiger partial charge in [-0.1, -0.05) is 30.3 Å². The number of halogens is 2. The van der Waals surface area contributed by atoms with Crippen molar-refractivity contribution in [2.45, 2.75) is 13.0 Å². The highest BCUT2D eigenvalue weighted by molar-refractivity contribution is 14.0. The average molecular weight is 464 g/mol. The lowest BCUT2D eigenvalue weighted by molar-refractivity contribution is 0.625. The highest BCUT2D eigenvalue weighted by Gasteiger charge is 2.03. The summed E-state index contributed by atoms with van der Waals surface area (Å²) < 4.78 is 13.2. The maximum Gasteiger partial charge on any atom is 0.191 e. The van der Waals surface area contributed by atoms with Crippen LogP contribution in [0, 0.1) is 5.82 Å². The third-order valence-electron chi connectivity index (χ3n) is 4.00. The molecule has 2 aromatic carbocycles. The number of hydrogen-bond donors (Lipinski definition) is 2. The molecule has 0 fully saturated rings. The van der Waals surface area contributed by atoms with E-state index in [2.05, 4.69) is 26.7 Å². The molecule has 0 saturated heterocycles. The summed E-state index contributed by atoms with van der Waals surface area (Å²) in [5.74, 6) is 0.516. The number of hydrogen-bond acceptors (Lipinski definition) is 2. The Hall–Kier alpha value is -2.22. The Morgan fingerprint density at radius 2 is 1.92 bits per heavy atom. The standard InChI is InChI=1S/C20H21FN4.HI/c1-22-20(24-11-9-15-5-4-6-17(21)13-15)25-14-16-10-12-23-19-8-3-2-7-18(16)19;/h2-8,10,12-13H,9,11,14H2,1H3,(H2,22,24,25);1H. The highest BCUT2D eigenvalue weighted by atomic mass is 127. The van der Waals surface area contributed by atoms with Crippen LogP contribution in [0.5, 0.6) is 0 Å². The molecule has 0 aliphatic rings. The van der Waals surface area contributed by atoms with E-state index in [4.69, 9.17) is 0 Å². The maximum atomic E-state index is 13.2. The van der Waals surface area contributed by atoms with Crippen molar-refractivity contribution in [3.8, 4) is 0 Å². The van der Waals surface area contributed by atoms with Gasteiger partial charge in [0.25, 0.3) is 0 Å². The number of fused-ring (bicyclic) bond motifs is 1. The smallest absolute Gasteiger partial charge is 0.191 e. The number of pyridine rings is 1. The molecular weight excluding hydrogens is 442 g/mol. The third-order valence-corrected chi connectivity index (χ3v) is 4.00. The van der Waals surface area contributed by atoms with Crippen LogP contribution in [0.25, 0.3) is 10.9 Å². The van der Waals surface area contributed by atoms with Gasteiger partial charge in [0.2, 0.25) is 0 Å². The van der Waals surface area contributed by atoms with Crippen LogP contribution >= 0.6 is 24.0 Å². The van der Waals surface area contributed by atoms with E-state index in [0.29, 0.717) is 13.1 Å². The van der Waals surface area contributed by atoms with E-state index in [1.807, 2.05) is 36.5 Å². The minimum Gasteiger partial charge on any atom is -0.356 e. The zero-order chi connectivity index (χ0) is 17.5. The molecule has 0 amide bonds. The fourth-order valence-electron chi connectivity index (χ4n) is 2.73. The van der Waals surface area contributed by atoms with Crippen LogP contribution < -0.4 is 10.6 Å². The first kappa shape index (κ1) is 20.1. The van der Waals surface area contributed by atoms with Crippen molar-refractivity contribution in [1.82, 2.24) is 15.6 Å². The summed E-state index contributed by atoms with van der Waals surface area (Å²) in [5.41, 5.74) is 3.11. The van der Waals surface area contributed by atoms with Crippen molar-refractivity contribution < 1.29 is 4.39 Å². The Labute approximate surface area is 170 Å². The largest absolute Gasteiger partial charge is 0.356 e. The number of nitrogens with zero attached hydrogens (tertiary/aromatic N) is 2. The lowest BCUT2D eigenvalue weighted by atomic mass is 10.1. The van der Waals surface area contributed by atoms with Crippen LogP contribution in [-0.4, -0.2) is 24.5 Å². The van der Waals surface area contributed by atoms with Crippen LogP contribution in [0.15, 0.2) is 65.8 Å². The normalized spacial score (nSPS) is 11.1. The zero-order valence-electron chi connectivity index (χ0n) is 14.6. The van der Waals surface area contributed by atoms with Crippen molar-refractivity contribution in [2.24, 2.45) is 4.99 Å². The summed E-state index contributed by atoms with van der Waals surface area (Å²) in [7, 11) is 1.74. The predicted octanol–water partition coefficient (Wildman–Crippen LogP) is 3.90. The van der Waals surface area contributed by atoms with E-state index in [1.54, 1.807) is 19.2 Å². The fourth-order valence-corrected chi connectivity index (χ4v) is 2.73. The topological polar surface area (TPSA) is 49.3 Å². The molecule has 0 radical (unpaired) electrons. The molecule has 6 heteroatoms. The molecule has 136 valence electrons. The van der Waals surface area contributed by atoms with Gasteiger partial charge in [0, 0.05) is 31.7 Å². The molecule has 4 nitrogen and oxygen atoms in total. The van der Waals surface area contributed by atoms with Gasteiger partial charge in [-0.05, 0) is 41.8 Å². The number of aliphatic imine (C=N–C) groups is 1. The monoisotopic (exact) mass is 464 g/mol. The summed E-state index contributed by atoms with van der Waals surface area (Å²) in [6.07, 6.45) is 2.55. The molecule has 26 heavy (non-hydrogen) atoms. The molecule has 1 aromatic heterocycles. The zero-order valence-corrected chi connectivity index (χ0v) is 16.9. The molecule has 0 spiro atoms. The van der Waals surface area contributed by atoms with Crippen LogP contribution in [0.4, 0.5) is 4.39 Å². The lowest BCUT2D eigenvalue weighted by Crippen LogP contribution is -2.37. The van der Waals surface area contributed by atoms with Crippen molar-refractivity contribution >= 4 is 40.8 Å². The molecule has 0 unspecified atom stereocenters. The van der Waals surface area contributed by atoms with Crippen LogP contribution in [0.3, 0.4) is 0 Å². The summed E-state index contributed by atoms with van der Waals surface area (Å²) in [4.78, 5) is 8.61. The summed E-state index contributed by atoms with van der Waals surface area (Å²) >= 11 is 0. The summed E-state index contributed by atoms with van der Waals surface area (Å²) in [6.45, 7) is 1.34. The fraction of sp³-hybridized carbons (Fsp3) is 0.200. The van der Waals surface area contributed by atoms with E-state index >= 15 is 0 Å². The molecule has 0 saturated carbocycles. The van der Waals surface area contributed by atoms with Gasteiger partial charge in [-0.15, -0.1) is 24.0 Å². The Kier molecular flexibility index (Phi) is 7.77. The first-order chi connectivity index (χ1) is 12.3. The Balaban J connectivity index is 0.00000243. The van der Waals surface area contributed by atoms with Gasteiger partial charge >= 0.3 is 0 Å². The number of benzene rings is 2. The molecule has 3 aromatic rings. The first-order valence-corrected chi connectivity index (χ1v) is 8.28. The molecule has 3 rings (SSSR count). The van der Waals surface area contributed by atoms with Crippen molar-refractivity contribution in [3.05, 3.63) is 77.7 Å². The van der Waals surface area contributed by atoms with Gasteiger partial charge in [0.05, 0.1) is 5.52 Å². The van der Waals surface area contributed by atoms with Crippen molar-refractivity contribution in [2.75, 3.05) is 13.6 Å². The maximum absolute atomic E-state index is 13.2. The van der Waals surface area contributed by atoms with Crippen LogP contribution in [-0.2, 0) is 13.0 Å². The van der Waals surface area contributed by atoms with E-state index in [9.17, 15) is 4.39 Å². The second-order valence-corrected chi connectivity index (χ2v) is 5.72. The van der Waals surface area contributed by atoms with Gasteiger partial charge in [-0.2, -0.15) is 0 Å². The number of guanidine groups is 1. The molecule has 0 bridgehead atoms. The second-order valence-electron chi connectivity index (χ2n) is 5.72. The Morgan fingerprint density at radius 1 is 1.08 bits per heavy atom. The average Bonchev–Trinajstić information content (AvgIpc) is 2.64. The molecule has 0 aliphatic heterocycles. The van der Waals surface area contributed by atoms with Crippen molar-refractivity contribution in [3.63, 3.8) is 0 Å². The first-order valence-electron chi connectivity index (χ1n) is 8.28. The van der Waals surface area contributed by atoms with Gasteiger partial charge in [-0.3, -0.25) is 9.98 Å².